The summed E-state index contributed by atoms with van der Waals surface area (Å²) in [6.45, 7) is 2.41. The minimum Gasteiger partial charge on any atom is -0.351 e. The summed E-state index contributed by atoms with van der Waals surface area (Å²) >= 11 is 0. The van der Waals surface area contributed by atoms with Gasteiger partial charge in [-0.2, -0.15) is 0 Å². The molecule has 0 radical (unpaired) electrons. The van der Waals surface area contributed by atoms with Crippen LogP contribution < -0.4 is 10.6 Å². The van der Waals surface area contributed by atoms with E-state index >= 15 is 0 Å². The quantitative estimate of drug-likeness (QED) is 0.834. The van der Waals surface area contributed by atoms with Crippen molar-refractivity contribution < 1.29 is 9.59 Å². The maximum Gasteiger partial charge on any atom is 0.240 e. The Morgan fingerprint density at radius 2 is 1.74 bits per heavy atom. The van der Waals surface area contributed by atoms with Crippen molar-refractivity contribution in [3.63, 3.8) is 0 Å². The van der Waals surface area contributed by atoms with Crippen LogP contribution in [-0.2, 0) is 16.1 Å². The first-order chi connectivity index (χ1) is 11.1. The van der Waals surface area contributed by atoms with Gasteiger partial charge in [0.05, 0.1) is 0 Å². The molecule has 3 rings (SSSR count). The monoisotopic (exact) mass is 308 g/mol. The van der Waals surface area contributed by atoms with Crippen molar-refractivity contribution in [2.24, 2.45) is 5.41 Å². The van der Waals surface area contributed by atoms with Crippen molar-refractivity contribution >= 4 is 17.5 Å². The molecule has 2 amide bonds. The van der Waals surface area contributed by atoms with Gasteiger partial charge in [0.25, 0.3) is 0 Å². The number of nitrogens with one attached hydrogen (secondary N) is 2. The van der Waals surface area contributed by atoms with Crippen LogP contribution in [0.1, 0.15) is 24.0 Å². The number of hydrogen-bond donors (Lipinski definition) is 2. The van der Waals surface area contributed by atoms with Gasteiger partial charge in [0, 0.05) is 12.2 Å². The number of amides is 2. The highest BCUT2D eigenvalue weighted by Crippen LogP contribution is 2.46. The first-order valence-corrected chi connectivity index (χ1v) is 7.80. The van der Waals surface area contributed by atoms with Gasteiger partial charge >= 0.3 is 0 Å². The Morgan fingerprint density at radius 3 is 2.39 bits per heavy atom. The highest BCUT2D eigenvalue weighted by molar-refractivity contribution is 6.13. The molecule has 1 saturated carbocycles. The summed E-state index contributed by atoms with van der Waals surface area (Å²) < 4.78 is 0. The molecule has 0 spiro atoms. The summed E-state index contributed by atoms with van der Waals surface area (Å²) in [7, 11) is 0. The molecule has 1 aliphatic carbocycles. The van der Waals surface area contributed by atoms with Gasteiger partial charge in [0.15, 0.2) is 0 Å². The third kappa shape index (κ3) is 3.42. The van der Waals surface area contributed by atoms with Crippen molar-refractivity contribution in [2.45, 2.75) is 26.3 Å². The molecule has 0 unspecified atom stereocenters. The molecule has 0 bridgehead atoms. The second-order valence-corrected chi connectivity index (χ2v) is 6.07. The van der Waals surface area contributed by atoms with Gasteiger partial charge < -0.3 is 10.6 Å². The van der Waals surface area contributed by atoms with Gasteiger partial charge in [-0.25, -0.2) is 0 Å². The minimum atomic E-state index is -0.904. The summed E-state index contributed by atoms with van der Waals surface area (Å²) in [5.74, 6) is -0.403. The third-order valence-electron chi connectivity index (χ3n) is 4.19. The molecule has 1 aliphatic rings. The van der Waals surface area contributed by atoms with E-state index in [0.717, 1.165) is 16.8 Å². The van der Waals surface area contributed by atoms with Gasteiger partial charge in [0.1, 0.15) is 5.41 Å². The van der Waals surface area contributed by atoms with Crippen LogP contribution in [0.15, 0.2) is 54.6 Å². The maximum absolute atomic E-state index is 12.5. The van der Waals surface area contributed by atoms with Crippen LogP contribution >= 0.6 is 0 Å². The molecular formula is C19H20N2O2. The van der Waals surface area contributed by atoms with Crippen molar-refractivity contribution in [3.05, 3.63) is 65.7 Å². The lowest BCUT2D eigenvalue weighted by Gasteiger charge is -2.15. The first-order valence-electron chi connectivity index (χ1n) is 7.80. The average molecular weight is 308 g/mol. The van der Waals surface area contributed by atoms with Crippen LogP contribution in [0, 0.1) is 12.3 Å². The lowest BCUT2D eigenvalue weighted by molar-refractivity contribution is -0.134. The van der Waals surface area contributed by atoms with Crippen LogP contribution in [-0.4, -0.2) is 11.8 Å². The minimum absolute atomic E-state index is 0.188. The van der Waals surface area contributed by atoms with Crippen molar-refractivity contribution in [2.75, 3.05) is 5.32 Å². The van der Waals surface area contributed by atoms with Gasteiger partial charge in [0.2, 0.25) is 11.8 Å². The Labute approximate surface area is 135 Å². The Balaban J connectivity index is 1.62. The predicted octanol–water partition coefficient (Wildman–Crippen LogP) is 3.03. The molecule has 23 heavy (non-hydrogen) atoms. The number of aryl methyl sites for hydroxylation is 1. The van der Waals surface area contributed by atoms with Crippen LogP contribution in [0.25, 0.3) is 0 Å². The topological polar surface area (TPSA) is 58.2 Å². The highest BCUT2D eigenvalue weighted by atomic mass is 16.2. The first kappa shape index (κ1) is 15.3. The van der Waals surface area contributed by atoms with Crippen molar-refractivity contribution in [1.82, 2.24) is 5.32 Å². The third-order valence-corrected chi connectivity index (χ3v) is 4.19. The smallest absolute Gasteiger partial charge is 0.240 e. The van der Waals surface area contributed by atoms with Gasteiger partial charge in [-0.15, -0.1) is 0 Å². The molecule has 0 heterocycles. The fourth-order valence-electron chi connectivity index (χ4n) is 2.60. The molecule has 4 nitrogen and oxygen atoms in total. The predicted molar refractivity (Wildman–Crippen MR) is 89.8 cm³/mol. The summed E-state index contributed by atoms with van der Waals surface area (Å²) in [5, 5.41) is 5.74. The Morgan fingerprint density at radius 1 is 1.00 bits per heavy atom. The number of rotatable bonds is 5. The summed E-state index contributed by atoms with van der Waals surface area (Å²) in [4.78, 5) is 24.9. The van der Waals surface area contributed by atoms with E-state index in [-0.39, 0.29) is 11.8 Å². The zero-order valence-electron chi connectivity index (χ0n) is 13.1. The van der Waals surface area contributed by atoms with Gasteiger partial charge in [-0.1, -0.05) is 42.5 Å². The molecule has 2 N–H and O–H groups in total. The fraction of sp³-hybridized carbons (Fsp3) is 0.263. The maximum atomic E-state index is 12.5. The lowest BCUT2D eigenvalue weighted by Crippen LogP contribution is -2.39. The summed E-state index contributed by atoms with van der Waals surface area (Å²) in [6, 6.07) is 17.3. The zero-order valence-corrected chi connectivity index (χ0v) is 13.1. The van der Waals surface area contributed by atoms with Crippen molar-refractivity contribution in [1.29, 1.82) is 0 Å². The van der Waals surface area contributed by atoms with E-state index in [4.69, 9.17) is 0 Å². The molecule has 118 valence electrons. The number of benzene rings is 2. The lowest BCUT2D eigenvalue weighted by atomic mass is 10.0. The van der Waals surface area contributed by atoms with E-state index in [1.54, 1.807) is 0 Å². The fourth-order valence-corrected chi connectivity index (χ4v) is 2.60. The average Bonchev–Trinajstić information content (AvgIpc) is 3.35. The summed E-state index contributed by atoms with van der Waals surface area (Å²) in [6.07, 6.45) is 1.20. The molecule has 2 aromatic rings. The standard InChI is InChI=1S/C19H20N2O2/c1-14-6-5-9-16(12-14)21-18(23)19(10-11-19)17(22)20-13-15-7-3-2-4-8-15/h2-9,12H,10-11,13H2,1H3,(H,20,22)(H,21,23). The Kier molecular flexibility index (Phi) is 4.15. The molecule has 0 aromatic heterocycles. The van der Waals surface area contributed by atoms with Crippen molar-refractivity contribution in [3.8, 4) is 0 Å². The van der Waals surface area contributed by atoms with E-state index in [2.05, 4.69) is 10.6 Å². The molecule has 1 fully saturated rings. The molecule has 4 heteroatoms. The van der Waals surface area contributed by atoms with Crippen LogP contribution in [0.4, 0.5) is 5.69 Å². The number of anilines is 1. The largest absolute Gasteiger partial charge is 0.351 e. The Bertz CT molecular complexity index is 721. The number of carbonyl (C=O) groups is 2. The van der Waals surface area contributed by atoms with Gasteiger partial charge in [-0.05, 0) is 43.0 Å². The molecule has 0 atom stereocenters. The summed E-state index contributed by atoms with van der Waals surface area (Å²) in [5.41, 5.74) is 1.92. The molecule has 2 aromatic carbocycles. The van der Waals surface area contributed by atoms with E-state index in [9.17, 15) is 9.59 Å². The SMILES string of the molecule is Cc1cccc(NC(=O)C2(C(=O)NCc3ccccc3)CC2)c1. The zero-order chi connectivity index (χ0) is 16.3. The Hall–Kier alpha value is -2.62. The van der Waals surface area contributed by atoms with Crippen LogP contribution in [0.3, 0.4) is 0 Å². The molecule has 0 saturated heterocycles. The van der Waals surface area contributed by atoms with E-state index < -0.39 is 5.41 Å². The van der Waals surface area contributed by atoms with Gasteiger partial charge in [-0.3, -0.25) is 9.59 Å². The van der Waals surface area contributed by atoms with E-state index in [0.29, 0.717) is 19.4 Å². The van der Waals surface area contributed by atoms with Crippen LogP contribution in [0.5, 0.6) is 0 Å². The molecular weight excluding hydrogens is 288 g/mol. The van der Waals surface area contributed by atoms with E-state index in [1.165, 1.54) is 0 Å². The number of hydrogen-bond acceptors (Lipinski definition) is 2. The highest BCUT2D eigenvalue weighted by Gasteiger charge is 2.56. The normalized spacial score (nSPS) is 14.8. The second-order valence-electron chi connectivity index (χ2n) is 6.07. The molecule has 0 aliphatic heterocycles. The van der Waals surface area contributed by atoms with Crippen LogP contribution in [0.2, 0.25) is 0 Å². The van der Waals surface area contributed by atoms with E-state index in [1.807, 2.05) is 61.5 Å². The second kappa shape index (κ2) is 6.24. The number of carbonyl (C=O) groups excluding carboxylic acids is 2.